The van der Waals surface area contributed by atoms with E-state index < -0.39 is 16.1 Å². The quantitative estimate of drug-likeness (QED) is 0.936. The van der Waals surface area contributed by atoms with Gasteiger partial charge in [-0.25, -0.2) is 8.42 Å². The van der Waals surface area contributed by atoms with Crippen LogP contribution in [0.15, 0.2) is 70.4 Å². The van der Waals surface area contributed by atoms with Gasteiger partial charge in [0.1, 0.15) is 0 Å². The standard InChI is InChI=1S/C17H18N2O3S/c1-12-8-10-14(11-9-12)23(20,21)17-15(18)22-16(19(17)2)13-6-4-3-5-7-13/h3-11,16H,18H2,1-2H3. The zero-order valence-electron chi connectivity index (χ0n) is 12.9. The Morgan fingerprint density at radius 2 is 1.65 bits per heavy atom. The van der Waals surface area contributed by atoms with Crippen molar-refractivity contribution in [2.45, 2.75) is 18.0 Å². The third kappa shape index (κ3) is 2.66. The molecule has 6 heteroatoms. The van der Waals surface area contributed by atoms with Crippen molar-refractivity contribution in [1.29, 1.82) is 0 Å². The fourth-order valence-corrected chi connectivity index (χ4v) is 4.10. The highest BCUT2D eigenvalue weighted by Crippen LogP contribution is 2.37. The topological polar surface area (TPSA) is 72.6 Å². The van der Waals surface area contributed by atoms with Crippen molar-refractivity contribution in [2.75, 3.05) is 7.05 Å². The van der Waals surface area contributed by atoms with Crippen LogP contribution in [-0.4, -0.2) is 20.4 Å². The predicted octanol–water partition coefficient (Wildman–Crippen LogP) is 2.51. The van der Waals surface area contributed by atoms with Gasteiger partial charge in [-0.2, -0.15) is 0 Å². The minimum Gasteiger partial charge on any atom is -0.449 e. The minimum absolute atomic E-state index is 0.00444. The van der Waals surface area contributed by atoms with Gasteiger partial charge in [-0.1, -0.05) is 48.0 Å². The third-order valence-corrected chi connectivity index (χ3v) is 5.68. The maximum Gasteiger partial charge on any atom is 0.227 e. The van der Waals surface area contributed by atoms with Gasteiger partial charge >= 0.3 is 0 Å². The van der Waals surface area contributed by atoms with Crippen LogP contribution in [-0.2, 0) is 14.6 Å². The molecule has 0 spiro atoms. The lowest BCUT2D eigenvalue weighted by molar-refractivity contribution is 0.0546. The van der Waals surface area contributed by atoms with Crippen molar-refractivity contribution in [3.8, 4) is 0 Å². The van der Waals surface area contributed by atoms with Crippen molar-refractivity contribution in [2.24, 2.45) is 5.73 Å². The molecule has 23 heavy (non-hydrogen) atoms. The average molecular weight is 330 g/mol. The summed E-state index contributed by atoms with van der Waals surface area (Å²) >= 11 is 0. The lowest BCUT2D eigenvalue weighted by Crippen LogP contribution is -2.24. The van der Waals surface area contributed by atoms with E-state index in [0.29, 0.717) is 0 Å². The monoisotopic (exact) mass is 330 g/mol. The molecule has 2 aromatic rings. The highest BCUT2D eigenvalue weighted by Gasteiger charge is 2.39. The number of aryl methyl sites for hydroxylation is 1. The molecule has 1 atom stereocenters. The lowest BCUT2D eigenvalue weighted by Gasteiger charge is -2.22. The highest BCUT2D eigenvalue weighted by molar-refractivity contribution is 7.95. The summed E-state index contributed by atoms with van der Waals surface area (Å²) in [6.45, 7) is 1.90. The summed E-state index contributed by atoms with van der Waals surface area (Å²) in [6.07, 6.45) is -0.550. The van der Waals surface area contributed by atoms with E-state index in [9.17, 15) is 8.42 Å². The van der Waals surface area contributed by atoms with Crippen LogP contribution in [0.5, 0.6) is 0 Å². The van der Waals surface area contributed by atoms with E-state index in [2.05, 4.69) is 0 Å². The molecule has 1 aliphatic heterocycles. The van der Waals surface area contributed by atoms with Crippen LogP contribution in [0.3, 0.4) is 0 Å². The first kappa shape index (κ1) is 15.4. The van der Waals surface area contributed by atoms with E-state index in [1.165, 1.54) is 0 Å². The first-order valence-corrected chi connectivity index (χ1v) is 8.65. The molecule has 2 aromatic carbocycles. The Bertz CT molecular complexity index is 843. The number of hydrogen-bond donors (Lipinski definition) is 1. The van der Waals surface area contributed by atoms with Gasteiger partial charge in [0.2, 0.25) is 21.9 Å². The summed E-state index contributed by atoms with van der Waals surface area (Å²) in [5, 5.41) is -0.00444. The molecule has 3 rings (SSSR count). The molecule has 120 valence electrons. The zero-order chi connectivity index (χ0) is 16.6. The Balaban J connectivity index is 1.99. The first-order valence-electron chi connectivity index (χ1n) is 7.17. The summed E-state index contributed by atoms with van der Waals surface area (Å²) in [5.74, 6) is -0.0815. The highest BCUT2D eigenvalue weighted by atomic mass is 32.2. The molecule has 0 saturated heterocycles. The number of nitrogens with zero attached hydrogens (tertiary/aromatic N) is 1. The molecule has 0 fully saturated rings. The summed E-state index contributed by atoms with van der Waals surface area (Å²) in [6, 6.07) is 16.0. The maximum atomic E-state index is 12.9. The van der Waals surface area contributed by atoms with Gasteiger partial charge in [0.15, 0.2) is 5.03 Å². The second-order valence-corrected chi connectivity index (χ2v) is 7.34. The van der Waals surface area contributed by atoms with Gasteiger partial charge in [0.25, 0.3) is 0 Å². The molecule has 5 nitrogen and oxygen atoms in total. The summed E-state index contributed by atoms with van der Waals surface area (Å²) in [4.78, 5) is 1.75. The predicted molar refractivity (Wildman–Crippen MR) is 87.6 cm³/mol. The molecule has 0 aromatic heterocycles. The smallest absolute Gasteiger partial charge is 0.227 e. The van der Waals surface area contributed by atoms with E-state index >= 15 is 0 Å². The molecular formula is C17H18N2O3S. The second-order valence-electron chi connectivity index (χ2n) is 5.48. The minimum atomic E-state index is -3.74. The molecule has 1 heterocycles. The van der Waals surface area contributed by atoms with Gasteiger partial charge in [0.05, 0.1) is 4.90 Å². The molecule has 1 unspecified atom stereocenters. The summed E-state index contributed by atoms with van der Waals surface area (Å²) in [5.41, 5.74) is 7.72. The van der Waals surface area contributed by atoms with Crippen molar-refractivity contribution in [1.82, 2.24) is 4.90 Å². The largest absolute Gasteiger partial charge is 0.449 e. The Hall–Kier alpha value is -2.47. The van der Waals surface area contributed by atoms with Crippen LogP contribution in [0.2, 0.25) is 0 Å². The van der Waals surface area contributed by atoms with Crippen LogP contribution >= 0.6 is 0 Å². The normalized spacial score (nSPS) is 18.2. The average Bonchev–Trinajstić information content (AvgIpc) is 2.84. The molecule has 0 aliphatic carbocycles. The summed E-state index contributed by atoms with van der Waals surface area (Å²) < 4.78 is 31.4. The third-order valence-electron chi connectivity index (χ3n) is 3.79. The Morgan fingerprint density at radius 3 is 2.26 bits per heavy atom. The van der Waals surface area contributed by atoms with Crippen LogP contribution < -0.4 is 5.73 Å². The number of hydrogen-bond acceptors (Lipinski definition) is 5. The van der Waals surface area contributed by atoms with Crippen LogP contribution in [0.1, 0.15) is 17.4 Å². The second kappa shape index (κ2) is 5.62. The van der Waals surface area contributed by atoms with Gasteiger partial charge < -0.3 is 15.4 Å². The van der Waals surface area contributed by atoms with Crippen molar-refractivity contribution >= 4 is 9.84 Å². The molecule has 0 amide bonds. The number of sulfone groups is 1. The zero-order valence-corrected chi connectivity index (χ0v) is 13.7. The molecular weight excluding hydrogens is 312 g/mol. The van der Waals surface area contributed by atoms with E-state index in [1.807, 2.05) is 37.3 Å². The SMILES string of the molecule is Cc1ccc(S(=O)(=O)C2=C(N)OC(c3ccccc3)N2C)cc1. The Morgan fingerprint density at radius 1 is 1.04 bits per heavy atom. The van der Waals surface area contributed by atoms with Gasteiger partial charge in [-0.05, 0) is 19.1 Å². The number of rotatable bonds is 3. The Labute approximate surface area is 135 Å². The number of ether oxygens (including phenoxy) is 1. The van der Waals surface area contributed by atoms with E-state index in [0.717, 1.165) is 11.1 Å². The van der Waals surface area contributed by atoms with Gasteiger partial charge in [-0.3, -0.25) is 0 Å². The summed E-state index contributed by atoms with van der Waals surface area (Å²) in [7, 11) is -2.07. The fourth-order valence-electron chi connectivity index (χ4n) is 2.59. The van der Waals surface area contributed by atoms with E-state index in [4.69, 9.17) is 10.5 Å². The fraction of sp³-hybridized carbons (Fsp3) is 0.176. The molecule has 2 N–H and O–H groups in total. The van der Waals surface area contributed by atoms with E-state index in [1.54, 1.807) is 36.2 Å². The van der Waals surface area contributed by atoms with Crippen molar-refractivity contribution in [3.05, 3.63) is 76.6 Å². The molecule has 1 aliphatic rings. The van der Waals surface area contributed by atoms with Crippen molar-refractivity contribution in [3.63, 3.8) is 0 Å². The molecule has 0 bridgehead atoms. The Kier molecular flexibility index (Phi) is 3.77. The molecule has 0 saturated carbocycles. The van der Waals surface area contributed by atoms with Crippen LogP contribution in [0.4, 0.5) is 0 Å². The van der Waals surface area contributed by atoms with Crippen molar-refractivity contribution < 1.29 is 13.2 Å². The van der Waals surface area contributed by atoms with Gasteiger partial charge in [-0.15, -0.1) is 0 Å². The number of nitrogens with two attached hydrogens (primary N) is 1. The number of benzene rings is 2. The lowest BCUT2D eigenvalue weighted by atomic mass is 10.2. The van der Waals surface area contributed by atoms with Crippen LogP contribution in [0.25, 0.3) is 0 Å². The molecule has 0 radical (unpaired) electrons. The maximum absolute atomic E-state index is 12.9. The first-order chi connectivity index (χ1) is 10.9. The van der Waals surface area contributed by atoms with Crippen LogP contribution in [0, 0.1) is 6.92 Å². The van der Waals surface area contributed by atoms with Gasteiger partial charge in [0, 0.05) is 12.6 Å². The van der Waals surface area contributed by atoms with E-state index in [-0.39, 0.29) is 15.8 Å².